The second-order valence-corrected chi connectivity index (χ2v) is 4.59. The molecule has 1 heterocycles. The molecule has 0 radical (unpaired) electrons. The summed E-state index contributed by atoms with van der Waals surface area (Å²) in [7, 11) is 1.86. The molecule has 0 spiro atoms. The van der Waals surface area contributed by atoms with E-state index in [1.54, 1.807) is 18.3 Å². The minimum atomic E-state index is -0.229. The number of aromatic nitrogens is 1. The molecule has 0 amide bonds. The third kappa shape index (κ3) is 2.90. The number of benzene rings is 1. The van der Waals surface area contributed by atoms with Gasteiger partial charge in [0.2, 0.25) is 0 Å². The molecular weight excluding hydrogens is 283 g/mol. The first-order valence-corrected chi connectivity index (χ1v) is 6.04. The average molecular weight is 295 g/mol. The monoisotopic (exact) mass is 294 g/mol. The van der Waals surface area contributed by atoms with E-state index in [-0.39, 0.29) is 11.9 Å². The van der Waals surface area contributed by atoms with Crippen molar-refractivity contribution in [3.63, 3.8) is 0 Å². The smallest absolute Gasteiger partial charge is 0.123 e. The van der Waals surface area contributed by atoms with E-state index in [0.717, 1.165) is 15.7 Å². The lowest BCUT2D eigenvalue weighted by atomic mass is 10.0. The van der Waals surface area contributed by atoms with Crippen LogP contribution in [-0.2, 0) is 0 Å². The van der Waals surface area contributed by atoms with E-state index in [1.807, 2.05) is 19.2 Å². The van der Waals surface area contributed by atoms with Crippen molar-refractivity contribution in [2.75, 3.05) is 7.05 Å². The maximum absolute atomic E-state index is 12.9. The highest BCUT2D eigenvalue weighted by molar-refractivity contribution is 9.10. The molecule has 0 fully saturated rings. The maximum Gasteiger partial charge on any atom is 0.123 e. The standard InChI is InChI=1S/C13H12BrFN2/c1-16-13(9-2-5-11(15)6-3-9)12-7-4-10(14)8-17-12/h2-8,13,16H,1H3. The van der Waals surface area contributed by atoms with Crippen molar-refractivity contribution in [1.82, 2.24) is 10.3 Å². The average Bonchev–Trinajstić information content (AvgIpc) is 2.35. The van der Waals surface area contributed by atoms with Gasteiger partial charge in [0, 0.05) is 10.7 Å². The van der Waals surface area contributed by atoms with E-state index in [1.165, 1.54) is 12.1 Å². The third-order valence-corrected chi connectivity index (χ3v) is 3.01. The number of nitrogens with one attached hydrogen (secondary N) is 1. The number of halogens is 2. The molecule has 4 heteroatoms. The highest BCUT2D eigenvalue weighted by Gasteiger charge is 2.12. The van der Waals surface area contributed by atoms with Crippen molar-refractivity contribution in [3.05, 3.63) is 64.1 Å². The van der Waals surface area contributed by atoms with Crippen LogP contribution >= 0.6 is 15.9 Å². The largest absolute Gasteiger partial charge is 0.308 e. The minimum absolute atomic E-state index is 0.0244. The summed E-state index contributed by atoms with van der Waals surface area (Å²) in [4.78, 5) is 4.35. The van der Waals surface area contributed by atoms with Crippen molar-refractivity contribution in [2.24, 2.45) is 0 Å². The van der Waals surface area contributed by atoms with Gasteiger partial charge in [0.05, 0.1) is 11.7 Å². The van der Waals surface area contributed by atoms with Crippen LogP contribution in [-0.4, -0.2) is 12.0 Å². The predicted octanol–water partition coefficient (Wildman–Crippen LogP) is 3.29. The van der Waals surface area contributed by atoms with Crippen molar-refractivity contribution >= 4 is 15.9 Å². The third-order valence-electron chi connectivity index (χ3n) is 2.54. The summed E-state index contributed by atoms with van der Waals surface area (Å²) in [6, 6.07) is 10.3. The van der Waals surface area contributed by atoms with Crippen molar-refractivity contribution in [2.45, 2.75) is 6.04 Å². The zero-order valence-electron chi connectivity index (χ0n) is 9.32. The molecule has 1 aromatic carbocycles. The normalized spacial score (nSPS) is 12.4. The van der Waals surface area contributed by atoms with Crippen LogP contribution in [0.1, 0.15) is 17.3 Å². The zero-order valence-corrected chi connectivity index (χ0v) is 10.9. The summed E-state index contributed by atoms with van der Waals surface area (Å²) >= 11 is 3.35. The van der Waals surface area contributed by atoms with Crippen molar-refractivity contribution in [3.8, 4) is 0 Å². The van der Waals surface area contributed by atoms with Gasteiger partial charge in [0.15, 0.2) is 0 Å². The van der Waals surface area contributed by atoms with Gasteiger partial charge >= 0.3 is 0 Å². The van der Waals surface area contributed by atoms with Gasteiger partial charge in [-0.2, -0.15) is 0 Å². The van der Waals surface area contributed by atoms with Crippen LogP contribution in [0.5, 0.6) is 0 Å². The van der Waals surface area contributed by atoms with Crippen LogP contribution in [0.25, 0.3) is 0 Å². The number of pyridine rings is 1. The van der Waals surface area contributed by atoms with E-state index in [2.05, 4.69) is 26.2 Å². The van der Waals surface area contributed by atoms with Crippen LogP contribution in [0, 0.1) is 5.82 Å². The summed E-state index contributed by atoms with van der Waals surface area (Å²) in [5.74, 6) is -0.229. The number of hydrogen-bond acceptors (Lipinski definition) is 2. The first-order valence-electron chi connectivity index (χ1n) is 5.25. The van der Waals surface area contributed by atoms with Crippen molar-refractivity contribution in [1.29, 1.82) is 0 Å². The Morgan fingerprint density at radius 3 is 2.41 bits per heavy atom. The second-order valence-electron chi connectivity index (χ2n) is 3.67. The van der Waals surface area contributed by atoms with Crippen LogP contribution in [0.15, 0.2) is 47.1 Å². The molecule has 88 valence electrons. The first-order chi connectivity index (χ1) is 8.20. The Hall–Kier alpha value is -1.26. The molecule has 1 aromatic heterocycles. The predicted molar refractivity (Wildman–Crippen MR) is 69.2 cm³/mol. The molecule has 0 aliphatic heterocycles. The van der Waals surface area contributed by atoms with Crippen molar-refractivity contribution < 1.29 is 4.39 Å². The lowest BCUT2D eigenvalue weighted by Crippen LogP contribution is -2.18. The highest BCUT2D eigenvalue weighted by Crippen LogP contribution is 2.21. The van der Waals surface area contributed by atoms with Gasteiger partial charge in [-0.1, -0.05) is 12.1 Å². The maximum atomic E-state index is 12.9. The summed E-state index contributed by atoms with van der Waals surface area (Å²) < 4.78 is 13.8. The Labute approximate surface area is 108 Å². The van der Waals surface area contributed by atoms with Crippen LogP contribution in [0.3, 0.4) is 0 Å². The number of rotatable bonds is 3. The molecular formula is C13H12BrFN2. The lowest BCUT2D eigenvalue weighted by molar-refractivity contribution is 0.622. The van der Waals surface area contributed by atoms with Gasteiger partial charge in [0.25, 0.3) is 0 Å². The molecule has 2 aromatic rings. The Balaban J connectivity index is 2.33. The fourth-order valence-electron chi connectivity index (χ4n) is 1.70. The molecule has 1 N–H and O–H groups in total. The number of nitrogens with zero attached hydrogens (tertiary/aromatic N) is 1. The highest BCUT2D eigenvalue weighted by atomic mass is 79.9. The molecule has 2 rings (SSSR count). The van der Waals surface area contributed by atoms with E-state index in [9.17, 15) is 4.39 Å². The SMILES string of the molecule is CNC(c1ccc(F)cc1)c1ccc(Br)cn1. The summed E-state index contributed by atoms with van der Waals surface area (Å²) in [6.07, 6.45) is 1.75. The van der Waals surface area contributed by atoms with Gasteiger partial charge in [0.1, 0.15) is 5.82 Å². The topological polar surface area (TPSA) is 24.9 Å². The lowest BCUT2D eigenvalue weighted by Gasteiger charge is -2.16. The molecule has 0 aliphatic rings. The molecule has 1 atom stereocenters. The minimum Gasteiger partial charge on any atom is -0.308 e. The Morgan fingerprint density at radius 2 is 1.88 bits per heavy atom. The van der Waals surface area contributed by atoms with E-state index in [4.69, 9.17) is 0 Å². The van der Waals surface area contributed by atoms with E-state index >= 15 is 0 Å². The van der Waals surface area contributed by atoms with Gasteiger partial charge in [-0.05, 0) is 52.8 Å². The fourth-order valence-corrected chi connectivity index (χ4v) is 1.93. The summed E-state index contributed by atoms with van der Waals surface area (Å²) in [5.41, 5.74) is 1.89. The van der Waals surface area contributed by atoms with Gasteiger partial charge in [-0.15, -0.1) is 0 Å². The molecule has 0 bridgehead atoms. The number of hydrogen-bond donors (Lipinski definition) is 1. The Kier molecular flexibility index (Phi) is 3.86. The van der Waals surface area contributed by atoms with Gasteiger partial charge < -0.3 is 5.32 Å². The molecule has 17 heavy (non-hydrogen) atoms. The van der Waals surface area contributed by atoms with Gasteiger partial charge in [-0.3, -0.25) is 4.98 Å². The summed E-state index contributed by atoms with van der Waals surface area (Å²) in [5, 5.41) is 3.17. The fraction of sp³-hybridized carbons (Fsp3) is 0.154. The van der Waals surface area contributed by atoms with Gasteiger partial charge in [-0.25, -0.2) is 4.39 Å². The van der Waals surface area contributed by atoms with Crippen LogP contribution in [0.2, 0.25) is 0 Å². The second kappa shape index (κ2) is 5.38. The zero-order chi connectivity index (χ0) is 12.3. The summed E-state index contributed by atoms with van der Waals surface area (Å²) in [6.45, 7) is 0. The van der Waals surface area contributed by atoms with E-state index < -0.39 is 0 Å². The molecule has 0 saturated carbocycles. The molecule has 0 aliphatic carbocycles. The van der Waals surface area contributed by atoms with Crippen LogP contribution in [0.4, 0.5) is 4.39 Å². The molecule has 0 saturated heterocycles. The van der Waals surface area contributed by atoms with E-state index in [0.29, 0.717) is 0 Å². The quantitative estimate of drug-likeness (QED) is 0.940. The molecule has 1 unspecified atom stereocenters. The van der Waals surface area contributed by atoms with Crippen LogP contribution < -0.4 is 5.32 Å². The Bertz CT molecular complexity index is 436. The Morgan fingerprint density at radius 1 is 1.18 bits per heavy atom. The first kappa shape index (κ1) is 12.2. The molecule has 2 nitrogen and oxygen atoms in total.